The molecule has 0 aromatic heterocycles. The zero-order chi connectivity index (χ0) is 20.2. The number of carbonyl (C=O) groups excluding carboxylic acids is 2. The molecule has 4 rings (SSSR count). The minimum Gasteiger partial charge on any atom is -0.444 e. The molecule has 0 bridgehead atoms. The van der Waals surface area contributed by atoms with Crippen LogP contribution in [0.25, 0.3) is 0 Å². The normalized spacial score (nSPS) is 15.1. The van der Waals surface area contributed by atoms with Crippen LogP contribution in [0.4, 0.5) is 10.5 Å². The van der Waals surface area contributed by atoms with Crippen LogP contribution in [0, 0.1) is 0 Å². The van der Waals surface area contributed by atoms with Gasteiger partial charge in [0.15, 0.2) is 5.78 Å². The second kappa shape index (κ2) is 8.50. The van der Waals surface area contributed by atoms with Crippen molar-refractivity contribution in [3.8, 4) is 0 Å². The van der Waals surface area contributed by atoms with E-state index in [1.807, 2.05) is 60.7 Å². The number of hydrogen-bond acceptors (Lipinski definition) is 3. The molecule has 1 amide bonds. The van der Waals surface area contributed by atoms with Crippen LogP contribution in [0.15, 0.2) is 78.9 Å². The number of Topliss-reactive ketones (excluding diaryl/α,β-unsaturated/α-hetero) is 1. The summed E-state index contributed by atoms with van der Waals surface area (Å²) in [6.07, 6.45) is 0.326. The number of hydrogen-bond donors (Lipinski definition) is 0. The van der Waals surface area contributed by atoms with Gasteiger partial charge in [0.25, 0.3) is 0 Å². The van der Waals surface area contributed by atoms with Crippen molar-refractivity contribution in [3.05, 3.63) is 101 Å². The first-order valence-corrected chi connectivity index (χ1v) is 9.86. The van der Waals surface area contributed by atoms with Gasteiger partial charge in [-0.2, -0.15) is 0 Å². The lowest BCUT2D eigenvalue weighted by molar-refractivity contribution is 0.0972. The first-order valence-electron chi connectivity index (χ1n) is 9.48. The van der Waals surface area contributed by atoms with Crippen LogP contribution < -0.4 is 4.90 Å². The van der Waals surface area contributed by atoms with Gasteiger partial charge in [0.2, 0.25) is 0 Å². The SMILES string of the molecule is O=C(C[C@H]1Cc2cc(Cl)ccc2N1C(=O)OCc1ccccc1)c1ccccc1. The van der Waals surface area contributed by atoms with Crippen molar-refractivity contribution in [2.45, 2.75) is 25.5 Å². The maximum atomic E-state index is 13.0. The fourth-order valence-corrected chi connectivity index (χ4v) is 3.84. The van der Waals surface area contributed by atoms with Crippen molar-refractivity contribution >= 4 is 29.2 Å². The van der Waals surface area contributed by atoms with Gasteiger partial charge in [-0.3, -0.25) is 9.69 Å². The third-order valence-corrected chi connectivity index (χ3v) is 5.28. The first kappa shape index (κ1) is 19.2. The number of fused-ring (bicyclic) bond motifs is 1. The van der Waals surface area contributed by atoms with E-state index in [4.69, 9.17) is 16.3 Å². The summed E-state index contributed by atoms with van der Waals surface area (Å²) in [5.41, 5.74) is 3.24. The minimum absolute atomic E-state index is 0.00429. The summed E-state index contributed by atoms with van der Waals surface area (Å²) in [5.74, 6) is -0.00429. The van der Waals surface area contributed by atoms with Gasteiger partial charge in [0, 0.05) is 17.0 Å². The van der Waals surface area contributed by atoms with Gasteiger partial charge < -0.3 is 4.74 Å². The molecule has 0 aliphatic carbocycles. The van der Waals surface area contributed by atoms with Gasteiger partial charge in [-0.1, -0.05) is 72.3 Å². The quantitative estimate of drug-likeness (QED) is 0.513. The van der Waals surface area contributed by atoms with Crippen molar-refractivity contribution in [2.24, 2.45) is 0 Å². The Morgan fingerprint density at radius 2 is 1.66 bits per heavy atom. The number of ketones is 1. The molecule has 0 spiro atoms. The third kappa shape index (κ3) is 4.33. The molecule has 5 heteroatoms. The Morgan fingerprint density at radius 3 is 2.38 bits per heavy atom. The average Bonchev–Trinajstić information content (AvgIpc) is 3.10. The Balaban J connectivity index is 1.55. The second-order valence-electron chi connectivity index (χ2n) is 7.03. The van der Waals surface area contributed by atoms with Crippen molar-refractivity contribution in [2.75, 3.05) is 4.90 Å². The van der Waals surface area contributed by atoms with Crippen molar-refractivity contribution in [1.82, 2.24) is 0 Å². The number of rotatable bonds is 5. The van der Waals surface area contributed by atoms with E-state index in [2.05, 4.69) is 0 Å². The number of benzene rings is 3. The summed E-state index contributed by atoms with van der Waals surface area (Å²) in [6, 6.07) is 23.8. The van der Waals surface area contributed by atoms with Crippen LogP contribution in [0.1, 0.15) is 27.9 Å². The molecule has 1 aliphatic heterocycles. The molecule has 1 atom stereocenters. The Morgan fingerprint density at radius 1 is 0.966 bits per heavy atom. The molecule has 146 valence electrons. The summed E-state index contributed by atoms with van der Waals surface area (Å²) in [4.78, 5) is 27.3. The summed E-state index contributed by atoms with van der Waals surface area (Å²) in [5, 5.41) is 0.608. The van der Waals surface area contributed by atoms with Crippen molar-refractivity contribution < 1.29 is 14.3 Å². The largest absolute Gasteiger partial charge is 0.444 e. The molecular formula is C24H20ClNO3. The number of anilines is 1. The standard InChI is InChI=1S/C24H20ClNO3/c25-20-11-12-22-19(13-20)14-21(15-23(27)18-9-5-2-6-10-18)26(22)24(28)29-16-17-7-3-1-4-8-17/h1-13,21H,14-16H2/t21-/m1/s1. The van der Waals surface area contributed by atoms with E-state index in [1.54, 1.807) is 23.1 Å². The van der Waals surface area contributed by atoms with E-state index in [0.29, 0.717) is 17.0 Å². The van der Waals surface area contributed by atoms with Gasteiger partial charge in [0.05, 0.1) is 11.7 Å². The molecule has 4 nitrogen and oxygen atoms in total. The van der Waals surface area contributed by atoms with Gasteiger partial charge in [-0.05, 0) is 35.7 Å². The van der Waals surface area contributed by atoms with Crippen molar-refractivity contribution in [3.63, 3.8) is 0 Å². The number of carbonyl (C=O) groups is 2. The highest BCUT2D eigenvalue weighted by Crippen LogP contribution is 2.36. The molecule has 0 radical (unpaired) electrons. The van der Waals surface area contributed by atoms with Gasteiger partial charge in [-0.15, -0.1) is 0 Å². The van der Waals surface area contributed by atoms with E-state index in [0.717, 1.165) is 16.8 Å². The molecule has 1 aliphatic rings. The number of ether oxygens (including phenoxy) is 1. The number of nitrogens with zero attached hydrogens (tertiary/aromatic N) is 1. The maximum Gasteiger partial charge on any atom is 0.414 e. The van der Waals surface area contributed by atoms with E-state index >= 15 is 0 Å². The number of amides is 1. The van der Waals surface area contributed by atoms with Crippen molar-refractivity contribution in [1.29, 1.82) is 0 Å². The average molecular weight is 406 g/mol. The van der Waals surface area contributed by atoms with Crippen LogP contribution in [0.5, 0.6) is 0 Å². The third-order valence-electron chi connectivity index (χ3n) is 5.04. The van der Waals surface area contributed by atoms with E-state index < -0.39 is 6.09 Å². The highest BCUT2D eigenvalue weighted by atomic mass is 35.5. The van der Waals surface area contributed by atoms with Crippen LogP contribution in [-0.4, -0.2) is 17.9 Å². The molecule has 0 fully saturated rings. The second-order valence-corrected chi connectivity index (χ2v) is 7.47. The highest BCUT2D eigenvalue weighted by Gasteiger charge is 2.36. The molecular weight excluding hydrogens is 386 g/mol. The molecule has 3 aromatic carbocycles. The molecule has 3 aromatic rings. The lowest BCUT2D eigenvalue weighted by Crippen LogP contribution is -2.39. The molecule has 29 heavy (non-hydrogen) atoms. The Bertz CT molecular complexity index is 1020. The van der Waals surface area contributed by atoms with E-state index in [1.165, 1.54) is 0 Å². The predicted octanol–water partition coefficient (Wildman–Crippen LogP) is 5.68. The van der Waals surface area contributed by atoms with Crippen LogP contribution in [0.2, 0.25) is 5.02 Å². The first-order chi connectivity index (χ1) is 14.1. The molecule has 0 saturated carbocycles. The zero-order valence-electron chi connectivity index (χ0n) is 15.8. The zero-order valence-corrected chi connectivity index (χ0v) is 16.5. The van der Waals surface area contributed by atoms with Gasteiger partial charge in [0.1, 0.15) is 6.61 Å². The van der Waals surface area contributed by atoms with Crippen LogP contribution in [-0.2, 0) is 17.8 Å². The van der Waals surface area contributed by atoms with E-state index in [-0.39, 0.29) is 24.9 Å². The van der Waals surface area contributed by atoms with E-state index in [9.17, 15) is 9.59 Å². The summed E-state index contributed by atoms with van der Waals surface area (Å²) in [7, 11) is 0. The predicted molar refractivity (Wildman–Crippen MR) is 113 cm³/mol. The summed E-state index contributed by atoms with van der Waals surface area (Å²) >= 11 is 6.14. The minimum atomic E-state index is -0.458. The lowest BCUT2D eigenvalue weighted by atomic mass is 10.0. The monoisotopic (exact) mass is 405 g/mol. The number of halogens is 1. The Hall–Kier alpha value is -3.11. The maximum absolute atomic E-state index is 13.0. The molecule has 0 unspecified atom stereocenters. The summed E-state index contributed by atoms with van der Waals surface area (Å²) < 4.78 is 5.56. The van der Waals surface area contributed by atoms with Gasteiger partial charge in [-0.25, -0.2) is 4.79 Å². The Labute approximate surface area is 174 Å². The molecule has 0 N–H and O–H groups in total. The molecule has 1 heterocycles. The fourth-order valence-electron chi connectivity index (χ4n) is 3.65. The molecule has 0 saturated heterocycles. The smallest absolute Gasteiger partial charge is 0.414 e. The van der Waals surface area contributed by atoms with Crippen LogP contribution in [0.3, 0.4) is 0 Å². The van der Waals surface area contributed by atoms with Crippen LogP contribution >= 0.6 is 11.6 Å². The fraction of sp³-hybridized carbons (Fsp3) is 0.167. The topological polar surface area (TPSA) is 46.6 Å². The summed E-state index contributed by atoms with van der Waals surface area (Å²) in [6.45, 7) is 0.179. The Kier molecular flexibility index (Phi) is 5.63. The van der Waals surface area contributed by atoms with Gasteiger partial charge >= 0.3 is 6.09 Å². The highest BCUT2D eigenvalue weighted by molar-refractivity contribution is 6.30. The lowest BCUT2D eigenvalue weighted by Gasteiger charge is -2.24.